The van der Waals surface area contributed by atoms with Crippen molar-refractivity contribution in [3.05, 3.63) is 83.2 Å². The average molecular weight is 521 g/mol. The zero-order valence-corrected chi connectivity index (χ0v) is 23.0. The normalized spacial score (nSPS) is 17.5. The van der Waals surface area contributed by atoms with Crippen LogP contribution in [0.25, 0.3) is 11.1 Å². The lowest BCUT2D eigenvalue weighted by molar-refractivity contribution is -0.137. The Hall–Kier alpha value is -2.79. The third kappa shape index (κ3) is 6.38. The van der Waals surface area contributed by atoms with Crippen LogP contribution in [0, 0.1) is 11.2 Å². The molecule has 0 radical (unpaired) electrons. The van der Waals surface area contributed by atoms with Crippen molar-refractivity contribution in [3.8, 4) is 16.9 Å². The molecule has 0 saturated heterocycles. The Morgan fingerprint density at radius 1 is 1.14 bits per heavy atom. The predicted octanol–water partition coefficient (Wildman–Crippen LogP) is 9.06. The van der Waals surface area contributed by atoms with Gasteiger partial charge in [0.2, 0.25) is 0 Å². The summed E-state index contributed by atoms with van der Waals surface area (Å²) in [4.78, 5) is 12.4. The van der Waals surface area contributed by atoms with Crippen LogP contribution in [0.2, 0.25) is 0 Å². The van der Waals surface area contributed by atoms with Crippen LogP contribution in [0.1, 0.15) is 81.4 Å². The summed E-state index contributed by atoms with van der Waals surface area (Å²) in [5.74, 6) is 0.832. The van der Waals surface area contributed by atoms with Gasteiger partial charge in [-0.1, -0.05) is 57.5 Å². The molecule has 0 aliphatic heterocycles. The Kier molecular flexibility index (Phi) is 8.63. The SMILES string of the molecule is CC[C@H](CC(=O)O)c1cccc(SCc2ccc(-c3cc(OC)ccc3F)c(C3CCCC3(C)C)c2)c1. The number of aliphatic carboxylic acids is 1. The third-order valence-electron chi connectivity index (χ3n) is 7.86. The molecule has 1 saturated carbocycles. The van der Waals surface area contributed by atoms with Crippen molar-refractivity contribution in [3.63, 3.8) is 0 Å². The van der Waals surface area contributed by atoms with Crippen molar-refractivity contribution >= 4 is 17.7 Å². The van der Waals surface area contributed by atoms with E-state index in [1.165, 1.54) is 30.0 Å². The summed E-state index contributed by atoms with van der Waals surface area (Å²) < 4.78 is 20.4. The number of benzene rings is 3. The largest absolute Gasteiger partial charge is 0.497 e. The molecule has 0 heterocycles. The Balaban J connectivity index is 1.64. The lowest BCUT2D eigenvalue weighted by Gasteiger charge is -2.30. The van der Waals surface area contributed by atoms with Crippen molar-refractivity contribution in [1.82, 2.24) is 0 Å². The van der Waals surface area contributed by atoms with E-state index in [0.29, 0.717) is 17.2 Å². The number of hydrogen-bond acceptors (Lipinski definition) is 3. The van der Waals surface area contributed by atoms with Gasteiger partial charge in [-0.15, -0.1) is 11.8 Å². The van der Waals surface area contributed by atoms with Gasteiger partial charge in [0.25, 0.3) is 0 Å². The molecule has 4 rings (SSSR count). The maximum Gasteiger partial charge on any atom is 0.303 e. The predicted molar refractivity (Wildman–Crippen MR) is 150 cm³/mol. The molecule has 1 unspecified atom stereocenters. The van der Waals surface area contributed by atoms with E-state index < -0.39 is 5.97 Å². The van der Waals surface area contributed by atoms with E-state index >= 15 is 4.39 Å². The number of rotatable bonds is 10. The zero-order valence-electron chi connectivity index (χ0n) is 22.2. The van der Waals surface area contributed by atoms with Gasteiger partial charge in [-0.3, -0.25) is 4.79 Å². The molecule has 3 aromatic rings. The fraction of sp³-hybridized carbons (Fsp3) is 0.406. The minimum absolute atomic E-state index is 0.0197. The van der Waals surface area contributed by atoms with Crippen LogP contribution in [0.5, 0.6) is 5.75 Å². The molecule has 3 nitrogen and oxygen atoms in total. The highest BCUT2D eigenvalue weighted by Crippen LogP contribution is 2.51. The molecule has 0 amide bonds. The Labute approximate surface area is 224 Å². The van der Waals surface area contributed by atoms with Gasteiger partial charge in [-0.25, -0.2) is 4.39 Å². The molecule has 3 aromatic carbocycles. The van der Waals surface area contributed by atoms with Gasteiger partial charge in [0.1, 0.15) is 11.6 Å². The molecular weight excluding hydrogens is 483 g/mol. The Bertz CT molecular complexity index is 1250. The van der Waals surface area contributed by atoms with Gasteiger partial charge in [-0.05, 0) is 89.1 Å². The van der Waals surface area contributed by atoms with Crippen LogP contribution in [-0.4, -0.2) is 18.2 Å². The summed E-state index contributed by atoms with van der Waals surface area (Å²) in [6, 6.07) is 19.7. The van der Waals surface area contributed by atoms with Crippen LogP contribution in [0.15, 0.2) is 65.6 Å². The summed E-state index contributed by atoms with van der Waals surface area (Å²) in [6.07, 6.45) is 4.39. The highest BCUT2D eigenvalue weighted by molar-refractivity contribution is 7.98. The number of methoxy groups -OCH3 is 1. The molecule has 5 heteroatoms. The lowest BCUT2D eigenvalue weighted by atomic mass is 9.75. The number of carboxylic acid groups (broad SMARTS) is 1. The summed E-state index contributed by atoms with van der Waals surface area (Å²) in [7, 11) is 1.61. The van der Waals surface area contributed by atoms with Crippen molar-refractivity contribution in [2.75, 3.05) is 7.11 Å². The molecule has 0 spiro atoms. The summed E-state index contributed by atoms with van der Waals surface area (Å²) in [5.41, 5.74) is 5.20. The van der Waals surface area contributed by atoms with Gasteiger partial charge in [0.15, 0.2) is 0 Å². The fourth-order valence-electron chi connectivity index (χ4n) is 5.71. The number of ether oxygens (including phenoxy) is 1. The van der Waals surface area contributed by atoms with E-state index in [1.54, 1.807) is 31.0 Å². The maximum absolute atomic E-state index is 15.0. The van der Waals surface area contributed by atoms with Crippen LogP contribution in [0.4, 0.5) is 4.39 Å². The van der Waals surface area contributed by atoms with Gasteiger partial charge in [0, 0.05) is 16.2 Å². The first-order chi connectivity index (χ1) is 17.7. The standard InChI is InChI=1S/C32H37FO3S/c1-5-22(18-31(34)35)23-8-6-9-25(17-23)37-20-21-11-13-26(28-19-24(36-4)12-14-30(28)33)27(16-21)29-10-7-15-32(29,2)3/h6,8-9,11-14,16-17,19,22,29H,5,7,10,15,18,20H2,1-4H3,(H,34,35)/t22-,29?/m1/s1. The topological polar surface area (TPSA) is 46.5 Å². The van der Waals surface area contributed by atoms with Crippen LogP contribution >= 0.6 is 11.8 Å². The first-order valence-electron chi connectivity index (χ1n) is 13.1. The van der Waals surface area contributed by atoms with Crippen molar-refractivity contribution in [1.29, 1.82) is 0 Å². The molecular formula is C32H37FO3S. The number of hydrogen-bond donors (Lipinski definition) is 1. The first kappa shape index (κ1) is 27.3. The molecule has 0 bridgehead atoms. The van der Waals surface area contributed by atoms with Crippen LogP contribution in [0.3, 0.4) is 0 Å². The van der Waals surface area contributed by atoms with Gasteiger partial charge in [0.05, 0.1) is 13.5 Å². The second-order valence-electron chi connectivity index (χ2n) is 10.8. The van der Waals surface area contributed by atoms with Gasteiger partial charge < -0.3 is 9.84 Å². The van der Waals surface area contributed by atoms with E-state index in [0.717, 1.165) is 34.6 Å². The number of carboxylic acids is 1. The third-order valence-corrected chi connectivity index (χ3v) is 8.93. The highest BCUT2D eigenvalue weighted by Gasteiger charge is 2.37. The summed E-state index contributed by atoms with van der Waals surface area (Å²) in [6.45, 7) is 6.68. The lowest BCUT2D eigenvalue weighted by Crippen LogP contribution is -2.16. The van der Waals surface area contributed by atoms with E-state index in [4.69, 9.17) is 4.74 Å². The molecule has 1 aliphatic carbocycles. The zero-order chi connectivity index (χ0) is 26.6. The molecule has 1 N–H and O–H groups in total. The molecule has 1 fully saturated rings. The van der Waals surface area contributed by atoms with Crippen LogP contribution in [-0.2, 0) is 10.5 Å². The second kappa shape index (κ2) is 11.7. The molecule has 37 heavy (non-hydrogen) atoms. The average Bonchev–Trinajstić information content (AvgIpc) is 3.25. The Morgan fingerprint density at radius 2 is 1.95 bits per heavy atom. The maximum atomic E-state index is 15.0. The molecule has 2 atom stereocenters. The minimum Gasteiger partial charge on any atom is -0.497 e. The summed E-state index contributed by atoms with van der Waals surface area (Å²) >= 11 is 1.75. The van der Waals surface area contributed by atoms with Gasteiger partial charge in [-0.2, -0.15) is 0 Å². The second-order valence-corrected chi connectivity index (χ2v) is 11.8. The van der Waals surface area contributed by atoms with E-state index in [9.17, 15) is 9.90 Å². The minimum atomic E-state index is -0.764. The smallest absolute Gasteiger partial charge is 0.303 e. The van der Waals surface area contributed by atoms with E-state index in [1.807, 2.05) is 19.1 Å². The monoisotopic (exact) mass is 520 g/mol. The fourth-order valence-corrected chi connectivity index (χ4v) is 6.62. The number of thioether (sulfide) groups is 1. The highest BCUT2D eigenvalue weighted by atomic mass is 32.2. The molecule has 196 valence electrons. The Morgan fingerprint density at radius 3 is 2.62 bits per heavy atom. The van der Waals surface area contributed by atoms with Crippen molar-refractivity contribution < 1.29 is 19.0 Å². The van der Waals surface area contributed by atoms with Crippen LogP contribution < -0.4 is 4.74 Å². The molecule has 0 aromatic heterocycles. The quantitative estimate of drug-likeness (QED) is 0.271. The van der Waals surface area contributed by atoms with E-state index in [2.05, 4.69) is 44.2 Å². The van der Waals surface area contributed by atoms with E-state index in [-0.39, 0.29) is 23.6 Å². The molecule has 1 aliphatic rings. The first-order valence-corrected chi connectivity index (χ1v) is 14.1. The van der Waals surface area contributed by atoms with Crippen molar-refractivity contribution in [2.45, 2.75) is 75.4 Å². The number of halogens is 1. The number of carbonyl (C=O) groups is 1. The van der Waals surface area contributed by atoms with Gasteiger partial charge >= 0.3 is 5.97 Å². The van der Waals surface area contributed by atoms with Crippen molar-refractivity contribution in [2.24, 2.45) is 5.41 Å². The summed E-state index contributed by atoms with van der Waals surface area (Å²) in [5, 5.41) is 9.27.